The van der Waals surface area contributed by atoms with Crippen molar-refractivity contribution in [2.24, 2.45) is 7.05 Å². The van der Waals surface area contributed by atoms with Crippen molar-refractivity contribution in [3.8, 4) is 5.75 Å². The number of hydrogen-bond donors (Lipinski definition) is 3. The minimum atomic E-state index is -4.88. The molecular formula is C24H29ClF3N7O2S. The van der Waals surface area contributed by atoms with E-state index in [0.29, 0.717) is 10.7 Å². The van der Waals surface area contributed by atoms with E-state index in [1.54, 1.807) is 19.3 Å². The second kappa shape index (κ2) is 11.5. The van der Waals surface area contributed by atoms with Crippen LogP contribution in [0.1, 0.15) is 43.7 Å². The minimum Gasteiger partial charge on any atom is -0.404 e. The van der Waals surface area contributed by atoms with E-state index in [0.717, 1.165) is 37.1 Å². The van der Waals surface area contributed by atoms with Crippen LogP contribution in [0.3, 0.4) is 0 Å². The summed E-state index contributed by atoms with van der Waals surface area (Å²) in [5.41, 5.74) is 2.15. The molecule has 0 bridgehead atoms. The second-order valence-electron chi connectivity index (χ2n) is 9.28. The molecule has 0 radical (unpaired) electrons. The number of nitrogens with one attached hydrogen (secondary N) is 3. The van der Waals surface area contributed by atoms with Gasteiger partial charge in [-0.05, 0) is 62.0 Å². The number of alkyl halides is 3. The molecule has 0 saturated carbocycles. The fourth-order valence-corrected chi connectivity index (χ4v) is 5.39. The molecule has 0 spiro atoms. The topological polar surface area (TPSA) is 106 Å². The average Bonchev–Trinajstić information content (AvgIpc) is 3.21. The van der Waals surface area contributed by atoms with Crippen LogP contribution in [-0.4, -0.2) is 48.7 Å². The molecule has 0 aliphatic carbocycles. The summed E-state index contributed by atoms with van der Waals surface area (Å²) < 4.78 is 58.5. The molecule has 14 heteroatoms. The zero-order valence-corrected chi connectivity index (χ0v) is 22.9. The largest absolute Gasteiger partial charge is 0.573 e. The molecule has 206 valence electrons. The summed E-state index contributed by atoms with van der Waals surface area (Å²) in [7, 11) is 0.306. The predicted molar refractivity (Wildman–Crippen MR) is 141 cm³/mol. The Kier molecular flexibility index (Phi) is 8.48. The Morgan fingerprint density at radius 1 is 1.21 bits per heavy atom. The lowest BCUT2D eigenvalue weighted by Crippen LogP contribution is -2.27. The highest BCUT2D eigenvalue weighted by Crippen LogP contribution is 2.39. The van der Waals surface area contributed by atoms with Gasteiger partial charge >= 0.3 is 6.36 Å². The third kappa shape index (κ3) is 6.75. The van der Waals surface area contributed by atoms with Gasteiger partial charge in [0.2, 0.25) is 5.95 Å². The number of hydrogen-bond acceptors (Lipinski definition) is 8. The third-order valence-electron chi connectivity index (χ3n) is 6.03. The van der Waals surface area contributed by atoms with Gasteiger partial charge in [-0.1, -0.05) is 25.4 Å². The fraction of sp³-hybridized carbons (Fsp3) is 0.458. The summed E-state index contributed by atoms with van der Waals surface area (Å²) >= 11 is 6.30. The minimum absolute atomic E-state index is 0.00615. The maximum Gasteiger partial charge on any atom is 0.573 e. The summed E-state index contributed by atoms with van der Waals surface area (Å²) in [6.07, 6.45) is -0.277. The van der Waals surface area contributed by atoms with E-state index in [9.17, 15) is 17.4 Å². The van der Waals surface area contributed by atoms with Crippen LogP contribution in [0.5, 0.6) is 5.75 Å². The van der Waals surface area contributed by atoms with E-state index in [-0.39, 0.29) is 39.4 Å². The van der Waals surface area contributed by atoms with Crippen molar-refractivity contribution in [2.75, 3.05) is 23.7 Å². The monoisotopic (exact) mass is 571 g/mol. The summed E-state index contributed by atoms with van der Waals surface area (Å²) in [6, 6.07) is 3.05. The van der Waals surface area contributed by atoms with Crippen LogP contribution in [0.15, 0.2) is 29.6 Å². The molecule has 1 atom stereocenters. The second-order valence-corrected chi connectivity index (χ2v) is 11.6. The van der Waals surface area contributed by atoms with Crippen LogP contribution < -0.4 is 20.7 Å². The van der Waals surface area contributed by atoms with E-state index < -0.39 is 17.2 Å². The number of rotatable bonds is 8. The Balaban J connectivity index is 1.66. The van der Waals surface area contributed by atoms with E-state index in [1.807, 2.05) is 20.8 Å². The molecule has 1 fully saturated rings. The van der Waals surface area contributed by atoms with E-state index in [2.05, 4.69) is 35.8 Å². The molecule has 1 saturated heterocycles. The normalized spacial score (nSPS) is 15.5. The molecule has 3 aromatic rings. The molecule has 3 N–H and O–H groups in total. The molecule has 3 heterocycles. The van der Waals surface area contributed by atoms with Crippen LogP contribution in [0.2, 0.25) is 5.02 Å². The number of halogens is 4. The number of benzene rings is 1. The number of aryl methyl sites for hydroxylation is 2. The highest BCUT2D eigenvalue weighted by Gasteiger charge is 2.33. The van der Waals surface area contributed by atoms with Crippen molar-refractivity contribution in [3.63, 3.8) is 0 Å². The summed E-state index contributed by atoms with van der Waals surface area (Å²) in [6.45, 7) is 7.09. The lowest BCUT2D eigenvalue weighted by atomic mass is 9.87. The van der Waals surface area contributed by atoms with E-state index in [4.69, 9.17) is 11.6 Å². The van der Waals surface area contributed by atoms with Gasteiger partial charge in [0.05, 0.1) is 28.4 Å². The predicted octanol–water partition coefficient (Wildman–Crippen LogP) is 5.54. The number of aromatic nitrogens is 4. The van der Waals surface area contributed by atoms with Gasteiger partial charge in [0, 0.05) is 18.5 Å². The Bertz CT molecular complexity index is 1330. The van der Waals surface area contributed by atoms with Gasteiger partial charge in [-0.15, -0.1) is 13.2 Å². The van der Waals surface area contributed by atoms with Crippen molar-refractivity contribution in [1.82, 2.24) is 25.1 Å². The lowest BCUT2D eigenvalue weighted by Gasteiger charge is -2.26. The molecule has 2 aromatic heterocycles. The van der Waals surface area contributed by atoms with Crippen LogP contribution in [0.4, 0.5) is 36.3 Å². The third-order valence-corrected chi connectivity index (χ3v) is 7.85. The van der Waals surface area contributed by atoms with Gasteiger partial charge in [0.1, 0.15) is 5.02 Å². The van der Waals surface area contributed by atoms with Crippen molar-refractivity contribution < 1.29 is 22.1 Å². The van der Waals surface area contributed by atoms with Gasteiger partial charge in [0.25, 0.3) is 0 Å². The molecule has 4 rings (SSSR count). The van der Waals surface area contributed by atoms with Gasteiger partial charge in [0.15, 0.2) is 16.6 Å². The van der Waals surface area contributed by atoms with Crippen LogP contribution in [0, 0.1) is 6.92 Å². The standard InChI is InChI=1S/C24H29ClF3N7O2S/c1-13(2)38(36)22-19(12-35(4)34-22)31-21-17(25)11-30-23(33-21)32-18-9-14(3)16(15-5-7-29-8-6-15)10-20(18)37-24(26,27)28/h9-13,15,29H,5-8H2,1-4H3,(H2,30,31,32,33). The number of piperidine rings is 1. The molecule has 1 aliphatic heterocycles. The lowest BCUT2D eigenvalue weighted by molar-refractivity contribution is -0.274. The number of ether oxygens (including phenoxy) is 1. The van der Waals surface area contributed by atoms with E-state index >= 15 is 0 Å². The van der Waals surface area contributed by atoms with Crippen molar-refractivity contribution in [1.29, 1.82) is 0 Å². The smallest absolute Gasteiger partial charge is 0.404 e. The first-order valence-corrected chi connectivity index (χ1v) is 13.6. The van der Waals surface area contributed by atoms with E-state index in [1.165, 1.54) is 16.9 Å². The number of anilines is 4. The van der Waals surface area contributed by atoms with Crippen molar-refractivity contribution in [3.05, 3.63) is 40.7 Å². The molecule has 1 unspecified atom stereocenters. The first-order chi connectivity index (χ1) is 17.9. The van der Waals surface area contributed by atoms with Crippen molar-refractivity contribution in [2.45, 2.75) is 56.2 Å². The molecule has 1 aromatic carbocycles. The molecule has 38 heavy (non-hydrogen) atoms. The zero-order valence-electron chi connectivity index (χ0n) is 21.3. The summed E-state index contributed by atoms with van der Waals surface area (Å²) in [5.74, 6) is -0.0750. The van der Waals surface area contributed by atoms with Crippen LogP contribution in [-0.2, 0) is 17.8 Å². The van der Waals surface area contributed by atoms with Crippen LogP contribution in [0.25, 0.3) is 0 Å². The Morgan fingerprint density at radius 2 is 1.92 bits per heavy atom. The maximum absolute atomic E-state index is 13.3. The average molecular weight is 572 g/mol. The quantitative estimate of drug-likeness (QED) is 0.324. The summed E-state index contributed by atoms with van der Waals surface area (Å²) in [5, 5.41) is 13.7. The Morgan fingerprint density at radius 3 is 2.58 bits per heavy atom. The molecular weight excluding hydrogens is 543 g/mol. The summed E-state index contributed by atoms with van der Waals surface area (Å²) in [4.78, 5) is 8.48. The zero-order chi connectivity index (χ0) is 27.6. The Hall–Kier alpha value is -2.90. The maximum atomic E-state index is 13.3. The van der Waals surface area contributed by atoms with Gasteiger partial charge in [-0.3, -0.25) is 8.89 Å². The fourth-order valence-electron chi connectivity index (χ4n) is 4.27. The Labute approximate surface area is 226 Å². The van der Waals surface area contributed by atoms with Gasteiger partial charge < -0.3 is 20.7 Å². The first kappa shape index (κ1) is 28.1. The highest BCUT2D eigenvalue weighted by molar-refractivity contribution is 7.85. The van der Waals surface area contributed by atoms with Crippen molar-refractivity contribution >= 4 is 45.5 Å². The highest BCUT2D eigenvalue weighted by atomic mass is 35.5. The SMILES string of the molecule is Cc1cc(Nc2ncc(Cl)c(Nc3cn(C)nc3S(=O)C(C)C)n2)c(OC(F)(F)F)cc1C1CCNCC1. The van der Waals surface area contributed by atoms with Gasteiger partial charge in [-0.25, -0.2) is 4.98 Å². The molecule has 0 amide bonds. The number of nitrogens with zero attached hydrogens (tertiary/aromatic N) is 4. The molecule has 9 nitrogen and oxygen atoms in total. The first-order valence-electron chi connectivity index (χ1n) is 12.0. The molecule has 1 aliphatic rings. The van der Waals surface area contributed by atoms with Crippen LogP contribution >= 0.6 is 11.6 Å². The van der Waals surface area contributed by atoms with Gasteiger partial charge in [-0.2, -0.15) is 10.1 Å².